The fraction of sp³-hybridized carbons (Fsp3) is 1.00. The van der Waals surface area contributed by atoms with E-state index in [2.05, 4.69) is 22.8 Å². The van der Waals surface area contributed by atoms with Crippen molar-refractivity contribution in [3.05, 3.63) is 0 Å². The van der Waals surface area contributed by atoms with Crippen LogP contribution in [0.2, 0.25) is 0 Å². The van der Waals surface area contributed by atoms with Crippen LogP contribution < -0.4 is 0 Å². The molecule has 11 heavy (non-hydrogen) atoms. The second kappa shape index (κ2) is 6.50. The molecule has 1 rings (SSSR count). The van der Waals surface area contributed by atoms with E-state index in [0.29, 0.717) is 0 Å². The topological polar surface area (TPSA) is 0 Å². The highest BCUT2D eigenvalue weighted by Crippen LogP contribution is 2.72. The fourth-order valence-corrected chi connectivity index (χ4v) is 11.9. The molecule has 0 N–H and O–H groups in total. The molecule has 1 aliphatic rings. The van der Waals surface area contributed by atoms with Gasteiger partial charge in [0.2, 0.25) is 0 Å². The van der Waals surface area contributed by atoms with Crippen LogP contribution in [0.5, 0.6) is 0 Å². The van der Waals surface area contributed by atoms with Gasteiger partial charge < -0.3 is 0 Å². The normalized spacial score (nSPS) is 21.0. The third-order valence-corrected chi connectivity index (χ3v) is 12.9. The van der Waals surface area contributed by atoms with Crippen LogP contribution in [0.15, 0.2) is 0 Å². The lowest BCUT2D eigenvalue weighted by Crippen LogP contribution is -1.90. The lowest BCUT2D eigenvalue weighted by Gasteiger charge is -2.19. The first kappa shape index (κ1) is 11.1. The summed E-state index contributed by atoms with van der Waals surface area (Å²) in [7, 11) is 0. The maximum atomic E-state index is 5.63. The molecule has 1 aliphatic heterocycles. The molecule has 0 bridgehead atoms. The molecule has 0 nitrogen and oxygen atoms in total. The summed E-state index contributed by atoms with van der Waals surface area (Å²) >= 11 is 17.4. The number of hydrogen-bond donors (Lipinski definition) is 0. The Kier molecular flexibility index (Phi) is 6.59. The molecule has 6 heteroatoms. The van der Waals surface area contributed by atoms with Crippen LogP contribution in [0.25, 0.3) is 0 Å². The van der Waals surface area contributed by atoms with Gasteiger partial charge in [0, 0.05) is 5.75 Å². The van der Waals surface area contributed by atoms with Crippen molar-refractivity contribution >= 4 is 62.9 Å². The minimum absolute atomic E-state index is 0.0769. The zero-order valence-corrected chi connectivity index (χ0v) is 10.7. The van der Waals surface area contributed by atoms with Crippen molar-refractivity contribution in [1.82, 2.24) is 0 Å². The standard InChI is InChI=1S/C5H9Cl2PS3/c6-5(7)4-11-8-9-2-1-3-10-8/h5H,1-4H2. The third kappa shape index (κ3) is 5.38. The van der Waals surface area contributed by atoms with E-state index in [1.807, 2.05) is 11.4 Å². The van der Waals surface area contributed by atoms with Crippen molar-refractivity contribution < 1.29 is 0 Å². The number of alkyl halides is 2. The van der Waals surface area contributed by atoms with Crippen molar-refractivity contribution in [2.75, 3.05) is 17.3 Å². The molecule has 0 aromatic rings. The lowest BCUT2D eigenvalue weighted by molar-refractivity contribution is 1.13. The van der Waals surface area contributed by atoms with Gasteiger partial charge in [-0.15, -0.1) is 57.3 Å². The maximum absolute atomic E-state index is 5.63. The zero-order chi connectivity index (χ0) is 8.10. The largest absolute Gasteiger partial charge is 0.117 e. The van der Waals surface area contributed by atoms with E-state index >= 15 is 0 Å². The lowest BCUT2D eigenvalue weighted by atomic mass is 10.6. The minimum atomic E-state index is -0.189. The maximum Gasteiger partial charge on any atom is 0.117 e. The van der Waals surface area contributed by atoms with Gasteiger partial charge in [-0.3, -0.25) is 0 Å². The molecule has 0 atom stereocenters. The zero-order valence-electron chi connectivity index (χ0n) is 5.83. The summed E-state index contributed by atoms with van der Waals surface area (Å²) in [6, 6.07) is 0. The van der Waals surface area contributed by atoms with Crippen molar-refractivity contribution in [3.8, 4) is 0 Å². The van der Waals surface area contributed by atoms with Crippen LogP contribution in [-0.4, -0.2) is 22.1 Å². The molecule has 0 aliphatic carbocycles. The summed E-state index contributed by atoms with van der Waals surface area (Å²) < 4.78 is 0. The van der Waals surface area contributed by atoms with Gasteiger partial charge in [0.1, 0.15) is 4.84 Å². The van der Waals surface area contributed by atoms with E-state index in [4.69, 9.17) is 23.2 Å². The van der Waals surface area contributed by atoms with Crippen molar-refractivity contribution in [2.45, 2.75) is 11.3 Å². The molecule has 0 amide bonds. The molecular formula is C5H9Cl2PS3. The molecule has 66 valence electrons. The molecule has 0 saturated carbocycles. The Bertz CT molecular complexity index is 108. The molecular weight excluding hydrogens is 258 g/mol. The van der Waals surface area contributed by atoms with E-state index in [0.717, 1.165) is 5.75 Å². The summed E-state index contributed by atoms with van der Waals surface area (Å²) in [5.74, 6) is 3.52. The molecule has 0 unspecified atom stereocenters. The Morgan fingerprint density at radius 1 is 1.36 bits per heavy atom. The van der Waals surface area contributed by atoms with Gasteiger partial charge in [-0.2, -0.15) is 0 Å². The predicted octanol–water partition coefficient (Wildman–Crippen LogP) is 4.62. The number of halogens is 2. The van der Waals surface area contributed by atoms with Crippen LogP contribution in [0, 0.1) is 0 Å². The Morgan fingerprint density at radius 3 is 2.55 bits per heavy atom. The second-order valence-electron chi connectivity index (χ2n) is 1.93. The summed E-state index contributed by atoms with van der Waals surface area (Å²) in [6.45, 7) is 0. The van der Waals surface area contributed by atoms with E-state index in [1.54, 1.807) is 0 Å². The first-order valence-corrected chi connectivity index (χ1v) is 10.2. The van der Waals surface area contributed by atoms with E-state index in [9.17, 15) is 0 Å². The Morgan fingerprint density at radius 2 is 2.00 bits per heavy atom. The van der Waals surface area contributed by atoms with Gasteiger partial charge in [-0.25, -0.2) is 0 Å². The van der Waals surface area contributed by atoms with Crippen LogP contribution in [-0.2, 0) is 0 Å². The van der Waals surface area contributed by atoms with Crippen molar-refractivity contribution in [1.29, 1.82) is 0 Å². The smallest absolute Gasteiger partial charge is 0.112 e. The number of hydrogen-bond acceptors (Lipinski definition) is 3. The van der Waals surface area contributed by atoms with Gasteiger partial charge in [0.15, 0.2) is 0 Å². The molecule has 0 spiro atoms. The SMILES string of the molecule is ClC(Cl)CSP1SCCCS1. The summed E-state index contributed by atoms with van der Waals surface area (Å²) in [5, 5.41) is 0. The van der Waals surface area contributed by atoms with Crippen molar-refractivity contribution in [2.24, 2.45) is 0 Å². The number of rotatable bonds is 3. The quantitative estimate of drug-likeness (QED) is 0.541. The van der Waals surface area contributed by atoms with Crippen LogP contribution >= 0.6 is 62.9 Å². The van der Waals surface area contributed by atoms with Gasteiger partial charge in [0.25, 0.3) is 0 Å². The summed E-state index contributed by atoms with van der Waals surface area (Å²) in [6.07, 6.45) is 1.36. The molecule has 1 heterocycles. The molecule has 0 aromatic carbocycles. The van der Waals surface area contributed by atoms with Crippen LogP contribution in [0.4, 0.5) is 0 Å². The van der Waals surface area contributed by atoms with Gasteiger partial charge in [-0.05, 0) is 17.9 Å². The minimum Gasteiger partial charge on any atom is -0.112 e. The fourth-order valence-electron chi connectivity index (χ4n) is 0.566. The molecule has 1 fully saturated rings. The molecule has 1 saturated heterocycles. The van der Waals surface area contributed by atoms with E-state index in [1.165, 1.54) is 17.9 Å². The average Bonchev–Trinajstić information content (AvgIpc) is 2.03. The highest BCUT2D eigenvalue weighted by Gasteiger charge is 2.15. The Labute approximate surface area is 90.9 Å². The van der Waals surface area contributed by atoms with Gasteiger partial charge >= 0.3 is 0 Å². The first-order valence-electron chi connectivity index (χ1n) is 3.26. The van der Waals surface area contributed by atoms with Crippen LogP contribution in [0.3, 0.4) is 0 Å². The Balaban J connectivity index is 2.05. The van der Waals surface area contributed by atoms with Crippen LogP contribution in [0.1, 0.15) is 6.42 Å². The van der Waals surface area contributed by atoms with E-state index in [-0.39, 0.29) is 10.4 Å². The third-order valence-electron chi connectivity index (χ3n) is 0.988. The Hall–Kier alpha value is 2.06. The molecule has 0 aromatic heterocycles. The second-order valence-corrected chi connectivity index (χ2v) is 13.3. The highest BCUT2D eigenvalue weighted by atomic mass is 35.5. The monoisotopic (exact) mass is 266 g/mol. The summed E-state index contributed by atoms with van der Waals surface area (Å²) in [4.78, 5) is -0.189. The van der Waals surface area contributed by atoms with Gasteiger partial charge in [0.05, 0.1) is 5.53 Å². The average molecular weight is 267 g/mol. The highest BCUT2D eigenvalue weighted by molar-refractivity contribution is 9.12. The van der Waals surface area contributed by atoms with E-state index < -0.39 is 0 Å². The van der Waals surface area contributed by atoms with Gasteiger partial charge in [-0.1, -0.05) is 0 Å². The van der Waals surface area contributed by atoms with Crippen molar-refractivity contribution in [3.63, 3.8) is 0 Å². The summed E-state index contributed by atoms with van der Waals surface area (Å²) in [5.41, 5.74) is 0.0769. The molecule has 0 radical (unpaired) electrons. The first-order chi connectivity index (χ1) is 5.29. The predicted molar refractivity (Wildman–Crippen MR) is 64.4 cm³/mol.